The summed E-state index contributed by atoms with van der Waals surface area (Å²) < 4.78 is 0. The summed E-state index contributed by atoms with van der Waals surface area (Å²) in [6.07, 6.45) is 0. The molecule has 1 aliphatic carbocycles. The summed E-state index contributed by atoms with van der Waals surface area (Å²) in [7, 11) is 0. The first-order chi connectivity index (χ1) is 21.1. The van der Waals surface area contributed by atoms with Crippen LogP contribution in [0.3, 0.4) is 0 Å². The van der Waals surface area contributed by atoms with Gasteiger partial charge in [-0.05, 0) is 50.2 Å². The van der Waals surface area contributed by atoms with Gasteiger partial charge in [0.1, 0.15) is 0 Å². The van der Waals surface area contributed by atoms with Gasteiger partial charge in [-0.25, -0.2) is 9.97 Å². The predicted molar refractivity (Wildman–Crippen MR) is 179 cm³/mol. The van der Waals surface area contributed by atoms with E-state index in [4.69, 9.17) is 9.97 Å². The van der Waals surface area contributed by atoms with Crippen molar-refractivity contribution in [2.45, 2.75) is 19.3 Å². The van der Waals surface area contributed by atoms with Crippen molar-refractivity contribution in [3.63, 3.8) is 0 Å². The number of nitrogens with zero attached hydrogens (tertiary/aromatic N) is 2. The monoisotopic (exact) mass is 550 g/mol. The zero-order valence-electron chi connectivity index (χ0n) is 24.3. The Hall–Kier alpha value is -5.34. The maximum Gasteiger partial charge on any atom is 0.160 e. The minimum atomic E-state index is -0.0931. The molecule has 1 aromatic heterocycles. The van der Waals surface area contributed by atoms with Crippen LogP contribution in [0.5, 0.6) is 0 Å². The zero-order chi connectivity index (χ0) is 29.0. The van der Waals surface area contributed by atoms with Crippen LogP contribution >= 0.6 is 0 Å². The second-order valence-electron chi connectivity index (χ2n) is 11.8. The molecule has 0 atom stereocenters. The van der Waals surface area contributed by atoms with Gasteiger partial charge in [0.05, 0.1) is 11.4 Å². The summed E-state index contributed by atoms with van der Waals surface area (Å²) in [5.74, 6) is 0.727. The highest BCUT2D eigenvalue weighted by Crippen LogP contribution is 2.53. The fourth-order valence-corrected chi connectivity index (χ4v) is 6.89. The van der Waals surface area contributed by atoms with Crippen LogP contribution < -0.4 is 0 Å². The number of aromatic nitrogens is 2. The Morgan fingerprint density at radius 1 is 0.419 bits per heavy atom. The summed E-state index contributed by atoms with van der Waals surface area (Å²) >= 11 is 0. The van der Waals surface area contributed by atoms with Gasteiger partial charge >= 0.3 is 0 Å². The van der Waals surface area contributed by atoms with Crippen LogP contribution in [0.1, 0.15) is 25.0 Å². The third kappa shape index (κ3) is 4.10. The highest BCUT2D eigenvalue weighted by molar-refractivity contribution is 6.06. The Bertz CT molecular complexity index is 2090. The van der Waals surface area contributed by atoms with E-state index in [0.29, 0.717) is 0 Å². The van der Waals surface area contributed by atoms with Crippen LogP contribution in [0.15, 0.2) is 146 Å². The zero-order valence-corrected chi connectivity index (χ0v) is 24.3. The minimum Gasteiger partial charge on any atom is -0.228 e. The molecule has 0 saturated carbocycles. The lowest BCUT2D eigenvalue weighted by Crippen LogP contribution is -2.16. The Labute approximate surface area is 252 Å². The maximum absolute atomic E-state index is 5.15. The molecule has 204 valence electrons. The quantitative estimate of drug-likeness (QED) is 0.218. The topological polar surface area (TPSA) is 25.8 Å². The summed E-state index contributed by atoms with van der Waals surface area (Å²) in [5.41, 5.74) is 12.9. The molecule has 8 rings (SSSR count). The van der Waals surface area contributed by atoms with E-state index in [2.05, 4.69) is 135 Å². The van der Waals surface area contributed by atoms with Gasteiger partial charge in [0.25, 0.3) is 0 Å². The van der Waals surface area contributed by atoms with Gasteiger partial charge in [0.2, 0.25) is 0 Å². The molecule has 0 saturated heterocycles. The number of benzene rings is 6. The van der Waals surface area contributed by atoms with E-state index < -0.39 is 0 Å². The Morgan fingerprint density at radius 3 is 1.70 bits per heavy atom. The molecular formula is C41H30N2. The Morgan fingerprint density at radius 2 is 0.953 bits per heavy atom. The van der Waals surface area contributed by atoms with Crippen LogP contribution in [0, 0.1) is 0 Å². The van der Waals surface area contributed by atoms with Gasteiger partial charge in [-0.15, -0.1) is 0 Å². The van der Waals surface area contributed by atoms with Gasteiger partial charge in [0.15, 0.2) is 5.82 Å². The first kappa shape index (κ1) is 25.4. The summed E-state index contributed by atoms with van der Waals surface area (Å²) in [5, 5.41) is 2.41. The molecule has 43 heavy (non-hydrogen) atoms. The number of fused-ring (bicyclic) bond motifs is 4. The van der Waals surface area contributed by atoms with Gasteiger partial charge in [-0.1, -0.05) is 153 Å². The number of hydrogen-bond acceptors (Lipinski definition) is 2. The molecule has 6 aromatic carbocycles. The first-order valence-electron chi connectivity index (χ1n) is 14.9. The van der Waals surface area contributed by atoms with Gasteiger partial charge in [-0.2, -0.15) is 0 Å². The van der Waals surface area contributed by atoms with Crippen LogP contribution in [-0.2, 0) is 5.41 Å². The van der Waals surface area contributed by atoms with Crippen molar-refractivity contribution in [2.75, 3.05) is 0 Å². The molecule has 0 fully saturated rings. The van der Waals surface area contributed by atoms with Crippen molar-refractivity contribution in [2.24, 2.45) is 0 Å². The third-order valence-electron chi connectivity index (χ3n) is 8.90. The van der Waals surface area contributed by atoms with E-state index in [1.807, 2.05) is 24.3 Å². The third-order valence-corrected chi connectivity index (χ3v) is 8.90. The fourth-order valence-electron chi connectivity index (χ4n) is 6.89. The SMILES string of the molecule is CC1(C)c2ccccc2-c2cccc(-c3ccc(-c4cc(-c5ccccc5)nc(-c5ccccc5)n4)c4ccccc34)c21. The molecule has 0 aliphatic heterocycles. The molecule has 0 amide bonds. The van der Waals surface area contributed by atoms with Crippen LogP contribution in [0.2, 0.25) is 0 Å². The Balaban J connectivity index is 1.35. The van der Waals surface area contributed by atoms with Crippen molar-refractivity contribution in [3.05, 3.63) is 157 Å². The lowest BCUT2D eigenvalue weighted by atomic mass is 9.78. The van der Waals surface area contributed by atoms with Gasteiger partial charge in [-0.3, -0.25) is 0 Å². The molecule has 2 nitrogen and oxygen atoms in total. The minimum absolute atomic E-state index is 0.0931. The summed E-state index contributed by atoms with van der Waals surface area (Å²) in [6, 6.07) is 51.7. The summed E-state index contributed by atoms with van der Waals surface area (Å²) in [6.45, 7) is 4.71. The van der Waals surface area contributed by atoms with Crippen molar-refractivity contribution in [1.82, 2.24) is 9.97 Å². The molecule has 0 N–H and O–H groups in total. The lowest BCUT2D eigenvalue weighted by molar-refractivity contribution is 0.662. The molecule has 7 aromatic rings. The van der Waals surface area contributed by atoms with Crippen molar-refractivity contribution < 1.29 is 0 Å². The smallest absolute Gasteiger partial charge is 0.160 e. The summed E-state index contributed by atoms with van der Waals surface area (Å²) in [4.78, 5) is 10.2. The van der Waals surface area contributed by atoms with E-state index in [1.165, 1.54) is 44.2 Å². The lowest BCUT2D eigenvalue weighted by Gasteiger charge is -2.25. The van der Waals surface area contributed by atoms with Crippen molar-refractivity contribution in [1.29, 1.82) is 0 Å². The van der Waals surface area contributed by atoms with Gasteiger partial charge < -0.3 is 0 Å². The molecule has 0 spiro atoms. The van der Waals surface area contributed by atoms with Gasteiger partial charge in [0, 0.05) is 22.1 Å². The van der Waals surface area contributed by atoms with Crippen molar-refractivity contribution in [3.8, 4) is 56.2 Å². The normalized spacial score (nSPS) is 13.1. The van der Waals surface area contributed by atoms with Crippen LogP contribution in [0.25, 0.3) is 66.9 Å². The number of rotatable bonds is 4. The fraction of sp³-hybridized carbons (Fsp3) is 0.0732. The van der Waals surface area contributed by atoms with Crippen LogP contribution in [-0.4, -0.2) is 9.97 Å². The molecule has 0 unspecified atom stereocenters. The maximum atomic E-state index is 5.15. The van der Waals surface area contributed by atoms with Crippen LogP contribution in [0.4, 0.5) is 0 Å². The highest BCUT2D eigenvalue weighted by Gasteiger charge is 2.37. The van der Waals surface area contributed by atoms with Crippen molar-refractivity contribution >= 4 is 10.8 Å². The van der Waals surface area contributed by atoms with E-state index in [0.717, 1.165) is 33.9 Å². The Kier molecular flexibility index (Phi) is 5.84. The van der Waals surface area contributed by atoms with E-state index in [9.17, 15) is 0 Å². The molecule has 1 aliphatic rings. The van der Waals surface area contributed by atoms with E-state index in [-0.39, 0.29) is 5.41 Å². The average molecular weight is 551 g/mol. The molecule has 2 heteroatoms. The van der Waals surface area contributed by atoms with E-state index in [1.54, 1.807) is 0 Å². The highest BCUT2D eigenvalue weighted by atomic mass is 14.9. The second kappa shape index (κ2) is 9.89. The van der Waals surface area contributed by atoms with E-state index >= 15 is 0 Å². The second-order valence-corrected chi connectivity index (χ2v) is 11.8. The molecule has 1 heterocycles. The molecule has 0 bridgehead atoms. The molecule has 0 radical (unpaired) electrons. The first-order valence-corrected chi connectivity index (χ1v) is 14.9. The standard InChI is InChI=1S/C41H30N2/c1-41(2)36-23-12-11-20-32(36)35-22-13-21-34(39(35)41)31-24-25-33(30-19-10-9-18-29(30)31)38-26-37(27-14-5-3-6-15-27)42-40(43-38)28-16-7-4-8-17-28/h3-26H,1-2H3. The largest absolute Gasteiger partial charge is 0.228 e. The number of hydrogen-bond donors (Lipinski definition) is 0. The predicted octanol–water partition coefficient (Wildman–Crippen LogP) is 10.6. The molecular weight excluding hydrogens is 520 g/mol. The average Bonchev–Trinajstić information content (AvgIpc) is 3.31.